The lowest BCUT2D eigenvalue weighted by Crippen LogP contribution is -2.42. The van der Waals surface area contributed by atoms with Gasteiger partial charge in [0, 0.05) is 13.1 Å². The first-order chi connectivity index (χ1) is 9.00. The monoisotopic (exact) mass is 266 g/mol. The van der Waals surface area contributed by atoms with Crippen LogP contribution in [0.4, 0.5) is 10.1 Å². The first-order valence-corrected chi connectivity index (χ1v) is 6.03. The molecule has 2 unspecified atom stereocenters. The molecule has 102 valence electrons. The molecule has 1 fully saturated rings. The molecule has 0 spiro atoms. The van der Waals surface area contributed by atoms with Gasteiger partial charge in [0.25, 0.3) is 0 Å². The van der Waals surface area contributed by atoms with Gasteiger partial charge >= 0.3 is 5.97 Å². The van der Waals surface area contributed by atoms with E-state index in [-0.39, 0.29) is 24.7 Å². The lowest BCUT2D eigenvalue weighted by molar-refractivity contribution is -0.141. The fraction of sp³-hybridized carbons (Fsp3) is 0.385. The van der Waals surface area contributed by atoms with Crippen molar-refractivity contribution in [2.24, 2.45) is 5.92 Å². The third kappa shape index (κ3) is 2.73. The maximum Gasteiger partial charge on any atom is 0.309 e. The number of rotatable bonds is 2. The summed E-state index contributed by atoms with van der Waals surface area (Å²) in [5.41, 5.74) is 0.120. The second-order valence-electron chi connectivity index (χ2n) is 4.57. The molecule has 1 aromatic rings. The molecule has 19 heavy (non-hydrogen) atoms. The Morgan fingerprint density at radius 1 is 1.47 bits per heavy atom. The van der Waals surface area contributed by atoms with Gasteiger partial charge in [-0.2, -0.15) is 0 Å². The van der Waals surface area contributed by atoms with Crippen molar-refractivity contribution < 1.29 is 19.1 Å². The highest BCUT2D eigenvalue weighted by Crippen LogP contribution is 2.22. The Balaban J connectivity index is 2.37. The van der Waals surface area contributed by atoms with E-state index in [4.69, 9.17) is 5.11 Å². The predicted molar refractivity (Wildman–Crippen MR) is 67.3 cm³/mol. The molecule has 0 aliphatic carbocycles. The standard InChI is InChI=1S/C13H15FN2O3/c1-8-12(17)16(7-9(6-15-8)13(18)19)11-5-3-2-4-10(11)14/h2-5,8-9,15H,6-7H2,1H3,(H,18,19). The third-order valence-corrected chi connectivity index (χ3v) is 3.20. The number of amides is 1. The molecule has 0 saturated carbocycles. The Hall–Kier alpha value is -1.95. The van der Waals surface area contributed by atoms with Crippen molar-refractivity contribution in [3.63, 3.8) is 0 Å². The van der Waals surface area contributed by atoms with Crippen LogP contribution in [0.15, 0.2) is 24.3 Å². The van der Waals surface area contributed by atoms with E-state index < -0.39 is 23.7 Å². The Labute approximate surface area is 110 Å². The Morgan fingerprint density at radius 3 is 2.79 bits per heavy atom. The van der Waals surface area contributed by atoms with Crippen molar-refractivity contribution in [2.45, 2.75) is 13.0 Å². The van der Waals surface area contributed by atoms with Crippen LogP contribution in [0.3, 0.4) is 0 Å². The normalized spacial score (nSPS) is 24.1. The Bertz CT molecular complexity index is 506. The maximum atomic E-state index is 13.8. The van der Waals surface area contributed by atoms with Gasteiger partial charge in [-0.05, 0) is 19.1 Å². The van der Waals surface area contributed by atoms with Gasteiger partial charge in [-0.3, -0.25) is 9.59 Å². The van der Waals surface area contributed by atoms with Crippen LogP contribution in [0.25, 0.3) is 0 Å². The van der Waals surface area contributed by atoms with Crippen molar-refractivity contribution >= 4 is 17.6 Å². The molecule has 1 amide bonds. The molecule has 2 N–H and O–H groups in total. The number of carbonyl (C=O) groups excluding carboxylic acids is 1. The average Bonchev–Trinajstić information content (AvgIpc) is 2.52. The Morgan fingerprint density at radius 2 is 2.16 bits per heavy atom. The van der Waals surface area contributed by atoms with Crippen LogP contribution >= 0.6 is 0 Å². The van der Waals surface area contributed by atoms with E-state index in [0.29, 0.717) is 0 Å². The van der Waals surface area contributed by atoms with Crippen molar-refractivity contribution in [2.75, 3.05) is 18.0 Å². The summed E-state index contributed by atoms with van der Waals surface area (Å²) in [5.74, 6) is -2.62. The van der Waals surface area contributed by atoms with Gasteiger partial charge in [0.2, 0.25) is 5.91 Å². The van der Waals surface area contributed by atoms with E-state index in [1.807, 2.05) is 0 Å². The average molecular weight is 266 g/mol. The molecule has 1 aromatic carbocycles. The van der Waals surface area contributed by atoms with Gasteiger partial charge < -0.3 is 15.3 Å². The van der Waals surface area contributed by atoms with Crippen molar-refractivity contribution in [3.8, 4) is 0 Å². The zero-order chi connectivity index (χ0) is 14.0. The summed E-state index contributed by atoms with van der Waals surface area (Å²) in [4.78, 5) is 24.5. The predicted octanol–water partition coefficient (Wildman–Crippen LogP) is 0.851. The zero-order valence-corrected chi connectivity index (χ0v) is 10.5. The summed E-state index contributed by atoms with van der Waals surface area (Å²) in [6.07, 6.45) is 0. The molecule has 0 radical (unpaired) electrons. The molecule has 1 aliphatic rings. The second kappa shape index (κ2) is 5.36. The number of carboxylic acids is 1. The summed E-state index contributed by atoms with van der Waals surface area (Å²) in [7, 11) is 0. The molecule has 2 rings (SSSR count). The molecule has 5 nitrogen and oxygen atoms in total. The number of para-hydroxylation sites is 1. The van der Waals surface area contributed by atoms with Crippen LogP contribution in [0.5, 0.6) is 0 Å². The van der Waals surface area contributed by atoms with Crippen LogP contribution in [0.2, 0.25) is 0 Å². The van der Waals surface area contributed by atoms with Crippen LogP contribution in [0.1, 0.15) is 6.92 Å². The quantitative estimate of drug-likeness (QED) is 0.832. The van der Waals surface area contributed by atoms with Crippen LogP contribution in [-0.4, -0.2) is 36.1 Å². The fourth-order valence-corrected chi connectivity index (χ4v) is 2.07. The number of benzene rings is 1. The Kier molecular flexibility index (Phi) is 3.80. The number of nitrogens with zero attached hydrogens (tertiary/aromatic N) is 1. The third-order valence-electron chi connectivity index (χ3n) is 3.20. The molecule has 1 saturated heterocycles. The molecule has 1 aliphatic heterocycles. The van der Waals surface area contributed by atoms with Crippen molar-refractivity contribution in [1.29, 1.82) is 0 Å². The van der Waals surface area contributed by atoms with Gasteiger partial charge in [0.05, 0.1) is 17.6 Å². The summed E-state index contributed by atoms with van der Waals surface area (Å²) in [6.45, 7) is 1.79. The van der Waals surface area contributed by atoms with Gasteiger partial charge in [-0.1, -0.05) is 12.1 Å². The SMILES string of the molecule is CC1NCC(C(=O)O)CN(c2ccccc2F)C1=O. The van der Waals surface area contributed by atoms with E-state index in [1.165, 1.54) is 23.1 Å². The largest absolute Gasteiger partial charge is 0.481 e. The minimum Gasteiger partial charge on any atom is -0.481 e. The molecule has 0 aromatic heterocycles. The summed E-state index contributed by atoms with van der Waals surface area (Å²) < 4.78 is 13.8. The number of halogens is 1. The van der Waals surface area contributed by atoms with Crippen LogP contribution < -0.4 is 10.2 Å². The minimum atomic E-state index is -1.00. The summed E-state index contributed by atoms with van der Waals surface area (Å²) >= 11 is 0. The first kappa shape index (κ1) is 13.5. The number of hydrogen-bond acceptors (Lipinski definition) is 3. The molecule has 0 bridgehead atoms. The smallest absolute Gasteiger partial charge is 0.309 e. The van der Waals surface area contributed by atoms with Crippen molar-refractivity contribution in [1.82, 2.24) is 5.32 Å². The van der Waals surface area contributed by atoms with Crippen LogP contribution in [0, 0.1) is 11.7 Å². The summed E-state index contributed by atoms with van der Waals surface area (Å²) in [5, 5.41) is 11.9. The highest BCUT2D eigenvalue weighted by Gasteiger charge is 2.33. The van der Waals surface area contributed by atoms with Gasteiger partial charge in [-0.15, -0.1) is 0 Å². The number of carboxylic acid groups (broad SMARTS) is 1. The maximum absolute atomic E-state index is 13.8. The summed E-state index contributed by atoms with van der Waals surface area (Å²) in [6, 6.07) is 5.33. The topological polar surface area (TPSA) is 69.6 Å². The number of aliphatic carboxylic acids is 1. The van der Waals surface area contributed by atoms with Gasteiger partial charge in [0.15, 0.2) is 0 Å². The van der Waals surface area contributed by atoms with E-state index >= 15 is 0 Å². The number of hydrogen-bond donors (Lipinski definition) is 2. The molecule has 1 heterocycles. The van der Waals surface area contributed by atoms with Crippen molar-refractivity contribution in [3.05, 3.63) is 30.1 Å². The van der Waals surface area contributed by atoms with Gasteiger partial charge in [-0.25, -0.2) is 4.39 Å². The van der Waals surface area contributed by atoms with E-state index in [9.17, 15) is 14.0 Å². The minimum absolute atomic E-state index is 0.0353. The molecule has 6 heteroatoms. The highest BCUT2D eigenvalue weighted by atomic mass is 19.1. The lowest BCUT2D eigenvalue weighted by atomic mass is 10.1. The highest BCUT2D eigenvalue weighted by molar-refractivity contribution is 5.98. The molecule has 2 atom stereocenters. The molecular weight excluding hydrogens is 251 g/mol. The van der Waals surface area contributed by atoms with E-state index in [2.05, 4.69) is 5.32 Å². The number of nitrogens with one attached hydrogen (secondary N) is 1. The number of anilines is 1. The van der Waals surface area contributed by atoms with Crippen LogP contribution in [-0.2, 0) is 9.59 Å². The number of carbonyl (C=O) groups is 2. The first-order valence-electron chi connectivity index (χ1n) is 6.03. The van der Waals surface area contributed by atoms with Gasteiger partial charge in [0.1, 0.15) is 5.82 Å². The zero-order valence-electron chi connectivity index (χ0n) is 10.5. The second-order valence-corrected chi connectivity index (χ2v) is 4.57. The van der Waals surface area contributed by atoms with E-state index in [1.54, 1.807) is 13.0 Å². The van der Waals surface area contributed by atoms with E-state index in [0.717, 1.165) is 0 Å². The fourth-order valence-electron chi connectivity index (χ4n) is 2.07. The lowest BCUT2D eigenvalue weighted by Gasteiger charge is -2.24. The molecular formula is C13H15FN2O3.